The molecule has 0 saturated carbocycles. The van der Waals surface area contributed by atoms with E-state index in [-0.39, 0.29) is 12.6 Å². The van der Waals surface area contributed by atoms with Crippen LogP contribution in [-0.4, -0.2) is 40.1 Å². The summed E-state index contributed by atoms with van der Waals surface area (Å²) in [4.78, 5) is 28.6. The van der Waals surface area contributed by atoms with E-state index in [1.54, 1.807) is 6.07 Å². The number of rotatable bonds is 2. The topological polar surface area (TPSA) is 82.5 Å². The summed E-state index contributed by atoms with van der Waals surface area (Å²) in [5.41, 5.74) is 1.85. The quantitative estimate of drug-likeness (QED) is 0.849. The summed E-state index contributed by atoms with van der Waals surface area (Å²) in [7, 11) is 0. The lowest BCUT2D eigenvalue weighted by atomic mass is 10.1. The predicted octanol–water partition coefficient (Wildman–Crippen LogP) is 1.64. The van der Waals surface area contributed by atoms with Gasteiger partial charge in [0.1, 0.15) is 5.82 Å². The van der Waals surface area contributed by atoms with Gasteiger partial charge in [-0.1, -0.05) is 0 Å². The van der Waals surface area contributed by atoms with E-state index in [0.717, 1.165) is 11.3 Å². The van der Waals surface area contributed by atoms with Crippen LogP contribution in [0.25, 0.3) is 0 Å². The molecule has 2 rings (SSSR count). The van der Waals surface area contributed by atoms with Crippen molar-refractivity contribution in [2.75, 3.05) is 18.4 Å². The highest BCUT2D eigenvalue weighted by molar-refractivity contribution is 5.89. The fourth-order valence-electron chi connectivity index (χ4n) is 2.24. The average Bonchev–Trinajstić information content (AvgIpc) is 2.76. The summed E-state index contributed by atoms with van der Waals surface area (Å²) in [5.74, 6) is -0.806. The molecule has 2 amide bonds. The largest absolute Gasteiger partial charge is 0.481 e. The molecule has 1 aliphatic heterocycles. The number of nitrogens with one attached hydrogen (secondary N) is 1. The molecule has 0 spiro atoms. The number of aromatic nitrogens is 1. The molecule has 0 aromatic carbocycles. The Labute approximate surface area is 111 Å². The number of aliphatic carboxylic acids is 1. The maximum Gasteiger partial charge on any atom is 0.323 e. The van der Waals surface area contributed by atoms with Crippen LogP contribution in [-0.2, 0) is 4.79 Å². The molecule has 102 valence electrons. The van der Waals surface area contributed by atoms with Crippen LogP contribution in [0.3, 0.4) is 0 Å². The molecule has 1 aromatic heterocycles. The van der Waals surface area contributed by atoms with E-state index in [4.69, 9.17) is 5.11 Å². The number of urea groups is 1. The summed E-state index contributed by atoms with van der Waals surface area (Å²) in [6.07, 6.45) is 0.503. The minimum absolute atomic E-state index is 0.256. The van der Waals surface area contributed by atoms with Gasteiger partial charge in [-0.05, 0) is 38.0 Å². The number of pyridine rings is 1. The molecule has 6 nitrogen and oxygen atoms in total. The molecule has 0 aliphatic carbocycles. The molecule has 0 radical (unpaired) electrons. The number of hydrogen-bond acceptors (Lipinski definition) is 3. The number of carbonyl (C=O) groups excluding carboxylic acids is 1. The Morgan fingerprint density at radius 3 is 2.74 bits per heavy atom. The Hall–Kier alpha value is -2.11. The number of hydrogen-bond donors (Lipinski definition) is 2. The molecule has 1 fully saturated rings. The highest BCUT2D eigenvalue weighted by atomic mass is 16.4. The molecule has 0 bridgehead atoms. The maximum atomic E-state index is 12.0. The molecule has 1 saturated heterocycles. The highest BCUT2D eigenvalue weighted by Gasteiger charge is 2.30. The fourth-order valence-corrected chi connectivity index (χ4v) is 2.24. The van der Waals surface area contributed by atoms with Gasteiger partial charge in [-0.3, -0.25) is 10.1 Å². The lowest BCUT2D eigenvalue weighted by Crippen LogP contribution is -2.34. The Bertz CT molecular complexity index is 496. The van der Waals surface area contributed by atoms with Crippen molar-refractivity contribution in [2.24, 2.45) is 5.92 Å². The normalized spacial score (nSPS) is 18.4. The number of carbonyl (C=O) groups is 2. The lowest BCUT2D eigenvalue weighted by Gasteiger charge is -2.16. The van der Waals surface area contributed by atoms with Crippen molar-refractivity contribution < 1.29 is 14.7 Å². The molecular formula is C13H17N3O3. The number of aryl methyl sites for hydroxylation is 2. The summed E-state index contributed by atoms with van der Waals surface area (Å²) in [6, 6.07) is 3.42. The molecule has 1 unspecified atom stereocenters. The highest BCUT2D eigenvalue weighted by Crippen LogP contribution is 2.18. The van der Waals surface area contributed by atoms with Crippen molar-refractivity contribution in [3.05, 3.63) is 23.4 Å². The molecule has 2 N–H and O–H groups in total. The first-order chi connectivity index (χ1) is 8.95. The van der Waals surface area contributed by atoms with E-state index in [2.05, 4.69) is 10.3 Å². The van der Waals surface area contributed by atoms with E-state index in [9.17, 15) is 9.59 Å². The summed E-state index contributed by atoms with van der Waals surface area (Å²) >= 11 is 0. The van der Waals surface area contributed by atoms with E-state index >= 15 is 0 Å². The van der Waals surface area contributed by atoms with Gasteiger partial charge in [0.25, 0.3) is 0 Å². The second-order valence-corrected chi connectivity index (χ2v) is 4.87. The second kappa shape index (κ2) is 5.26. The predicted molar refractivity (Wildman–Crippen MR) is 70.0 cm³/mol. The summed E-state index contributed by atoms with van der Waals surface area (Å²) in [6.45, 7) is 4.51. The molecule has 19 heavy (non-hydrogen) atoms. The Balaban J connectivity index is 2.00. The Morgan fingerprint density at radius 1 is 1.42 bits per heavy atom. The van der Waals surface area contributed by atoms with Gasteiger partial charge >= 0.3 is 12.0 Å². The summed E-state index contributed by atoms with van der Waals surface area (Å²) in [5, 5.41) is 11.6. The SMILES string of the molecule is Cc1cc(C)nc(NC(=O)N2CCC(C(=O)O)C2)c1. The van der Waals surface area contributed by atoms with Crippen molar-refractivity contribution in [3.63, 3.8) is 0 Å². The smallest absolute Gasteiger partial charge is 0.323 e. The third-order valence-corrected chi connectivity index (χ3v) is 3.16. The molecule has 1 atom stereocenters. The van der Waals surface area contributed by atoms with Crippen molar-refractivity contribution in [3.8, 4) is 0 Å². The maximum absolute atomic E-state index is 12.0. The number of likely N-dealkylation sites (tertiary alicyclic amines) is 1. The summed E-state index contributed by atoms with van der Waals surface area (Å²) < 4.78 is 0. The van der Waals surface area contributed by atoms with E-state index in [1.165, 1.54) is 4.90 Å². The minimum atomic E-state index is -0.847. The van der Waals surface area contributed by atoms with Gasteiger partial charge in [0.2, 0.25) is 0 Å². The van der Waals surface area contributed by atoms with Crippen molar-refractivity contribution >= 4 is 17.8 Å². The van der Waals surface area contributed by atoms with Crippen molar-refractivity contribution in [1.82, 2.24) is 9.88 Å². The van der Waals surface area contributed by atoms with Crippen LogP contribution in [0.5, 0.6) is 0 Å². The standard InChI is InChI=1S/C13H17N3O3/c1-8-5-9(2)14-11(6-8)15-13(19)16-4-3-10(7-16)12(17)18/h5-6,10H,3-4,7H2,1-2H3,(H,17,18)(H,14,15,19). The van der Waals surface area contributed by atoms with Crippen LogP contribution in [0, 0.1) is 19.8 Å². The third-order valence-electron chi connectivity index (χ3n) is 3.16. The average molecular weight is 263 g/mol. The van der Waals surface area contributed by atoms with Gasteiger partial charge in [-0.25, -0.2) is 9.78 Å². The second-order valence-electron chi connectivity index (χ2n) is 4.87. The van der Waals surface area contributed by atoms with Crippen molar-refractivity contribution in [1.29, 1.82) is 0 Å². The van der Waals surface area contributed by atoms with Gasteiger partial charge in [0, 0.05) is 18.8 Å². The Morgan fingerprint density at radius 2 is 2.16 bits per heavy atom. The van der Waals surface area contributed by atoms with Gasteiger partial charge in [0.15, 0.2) is 0 Å². The zero-order chi connectivity index (χ0) is 14.0. The number of amides is 2. The molecule has 6 heteroatoms. The minimum Gasteiger partial charge on any atom is -0.481 e. The van der Waals surface area contributed by atoms with Gasteiger partial charge in [-0.2, -0.15) is 0 Å². The van der Waals surface area contributed by atoms with Crippen LogP contribution >= 0.6 is 0 Å². The molecule has 1 aliphatic rings. The van der Waals surface area contributed by atoms with Gasteiger partial charge in [-0.15, -0.1) is 0 Å². The van der Waals surface area contributed by atoms with Crippen LogP contribution in [0.15, 0.2) is 12.1 Å². The van der Waals surface area contributed by atoms with E-state index in [0.29, 0.717) is 18.8 Å². The van der Waals surface area contributed by atoms with E-state index in [1.807, 2.05) is 19.9 Å². The number of carboxylic acids is 1. The van der Waals surface area contributed by atoms with Crippen LogP contribution < -0.4 is 5.32 Å². The zero-order valence-corrected chi connectivity index (χ0v) is 11.0. The molecule has 1 aromatic rings. The first-order valence-corrected chi connectivity index (χ1v) is 6.20. The fraction of sp³-hybridized carbons (Fsp3) is 0.462. The number of anilines is 1. The first-order valence-electron chi connectivity index (χ1n) is 6.20. The van der Waals surface area contributed by atoms with Crippen LogP contribution in [0.2, 0.25) is 0 Å². The van der Waals surface area contributed by atoms with Gasteiger partial charge < -0.3 is 10.0 Å². The monoisotopic (exact) mass is 263 g/mol. The number of nitrogens with zero attached hydrogens (tertiary/aromatic N) is 2. The zero-order valence-electron chi connectivity index (χ0n) is 11.0. The van der Waals surface area contributed by atoms with Crippen LogP contribution in [0.1, 0.15) is 17.7 Å². The van der Waals surface area contributed by atoms with Gasteiger partial charge in [0.05, 0.1) is 5.92 Å². The third kappa shape index (κ3) is 3.21. The first kappa shape index (κ1) is 13.3. The van der Waals surface area contributed by atoms with E-state index < -0.39 is 11.9 Å². The number of carboxylic acid groups (broad SMARTS) is 1. The van der Waals surface area contributed by atoms with Crippen LogP contribution in [0.4, 0.5) is 10.6 Å². The Kier molecular flexibility index (Phi) is 3.69. The molecular weight excluding hydrogens is 246 g/mol. The lowest BCUT2D eigenvalue weighted by molar-refractivity contribution is -0.141. The van der Waals surface area contributed by atoms with Crippen molar-refractivity contribution in [2.45, 2.75) is 20.3 Å². The molecule has 2 heterocycles.